The molecule has 4 aliphatic rings. The zero-order chi connectivity index (χ0) is 47.1. The average molecular weight is 920 g/mol. The van der Waals surface area contributed by atoms with Gasteiger partial charge in [0.25, 0.3) is 5.91 Å². The summed E-state index contributed by atoms with van der Waals surface area (Å²) in [6, 6.07) is 12.4. The number of halogens is 1. The van der Waals surface area contributed by atoms with Crippen molar-refractivity contribution < 1.29 is 50.9 Å². The van der Waals surface area contributed by atoms with Gasteiger partial charge < -0.3 is 34.5 Å². The summed E-state index contributed by atoms with van der Waals surface area (Å²) >= 11 is 0. The van der Waals surface area contributed by atoms with Crippen molar-refractivity contribution in [3.05, 3.63) is 60.7 Å². The minimum Gasteiger partial charge on any atom is -0.497 e. The number of nitrogens with one attached hydrogen (secondary N) is 3. The lowest BCUT2D eigenvalue weighted by Gasteiger charge is -2.33. The average Bonchev–Trinajstić information content (AvgIpc) is 4.14. The van der Waals surface area contributed by atoms with E-state index in [1.54, 1.807) is 46.1 Å². The Labute approximate surface area is 380 Å². The van der Waals surface area contributed by atoms with Crippen molar-refractivity contribution in [3.8, 4) is 28.5 Å². The van der Waals surface area contributed by atoms with Gasteiger partial charge in [0.2, 0.25) is 21.8 Å². The number of hydrogen-bond acceptors (Lipinski definition) is 11. The first-order chi connectivity index (χ1) is 30.7. The van der Waals surface area contributed by atoms with Crippen LogP contribution in [0.2, 0.25) is 0 Å². The summed E-state index contributed by atoms with van der Waals surface area (Å²) in [5.41, 5.74) is -0.612. The highest BCUT2D eigenvalue weighted by atomic mass is 32.2. The van der Waals surface area contributed by atoms with Gasteiger partial charge in [0.05, 0.1) is 31.0 Å². The molecule has 7 rings (SSSR count). The van der Waals surface area contributed by atoms with Crippen LogP contribution >= 0.6 is 0 Å². The molecule has 65 heavy (non-hydrogen) atoms. The number of hydrogen-bond donors (Lipinski definition) is 3. The predicted molar refractivity (Wildman–Crippen MR) is 242 cm³/mol. The van der Waals surface area contributed by atoms with Crippen LogP contribution < -0.4 is 29.6 Å². The van der Waals surface area contributed by atoms with Crippen molar-refractivity contribution in [2.24, 2.45) is 17.8 Å². The Morgan fingerprint density at radius 2 is 1.74 bits per heavy atom. The number of carbonyl (C=O) groups excluding carboxylic acids is 4. The molecule has 2 saturated carbocycles. The number of allylic oxidation sites excluding steroid dienone is 1. The SMILES string of the molecule is COc1ccc2c(O[C@@H]3C[C@H]4C(=O)N[C@]5(C(=O)NS(=O)(=O)C6(CF)CC6)C[C@H]5/C=C\CCC(C)C[C@@H](C)[C@H](NC(=O)OC(C)(C)C)C(=O)N4C3)cc(-c3ccc(OC(C)C)cc3)nc2c1. The van der Waals surface area contributed by atoms with E-state index in [1.165, 1.54) is 4.90 Å². The zero-order valence-electron chi connectivity index (χ0n) is 38.4. The molecule has 1 unspecified atom stereocenters. The van der Waals surface area contributed by atoms with Crippen LogP contribution in [0, 0.1) is 17.8 Å². The fraction of sp³-hybridized carbons (Fsp3) is 0.562. The van der Waals surface area contributed by atoms with Crippen LogP contribution in [0.3, 0.4) is 0 Å². The van der Waals surface area contributed by atoms with Crippen molar-refractivity contribution in [2.45, 2.75) is 134 Å². The molecular formula is C48H62FN5O10S. The Morgan fingerprint density at radius 1 is 1.03 bits per heavy atom. The lowest BCUT2D eigenvalue weighted by molar-refractivity contribution is -0.142. The van der Waals surface area contributed by atoms with Crippen LogP contribution in [0.4, 0.5) is 9.18 Å². The van der Waals surface area contributed by atoms with Crippen LogP contribution in [0.5, 0.6) is 17.2 Å². The first-order valence-electron chi connectivity index (χ1n) is 22.5. The zero-order valence-corrected chi connectivity index (χ0v) is 39.3. The molecule has 3 N–H and O–H groups in total. The number of aromatic nitrogens is 1. The summed E-state index contributed by atoms with van der Waals surface area (Å²) in [6.07, 6.45) is 4.22. The van der Waals surface area contributed by atoms with E-state index < -0.39 is 86.4 Å². The standard InChI is InChI=1S/C48H62FN5O10S/c1-28(2)62-33-15-13-31(14-16-33)37-24-40(36-18-17-34(61-8)22-38(36)50-37)63-35-23-39-42(55)52-48(44(57)53-65(59,60)47(27-49)19-20-47)25-32(48)12-10-9-11-29(3)21-30(4)41(43(56)54(39)26-35)51-45(58)64-46(5,6)7/h10,12-18,22,24,28-30,32,35,39,41H,9,11,19-21,23,25-27H2,1-8H3,(H,51,58)(H,52,55)(H,53,57)/b12-10-/t29?,30-,32-,35-,39+,41+,48-/m1/s1. The number of ether oxygens (including phenoxy) is 4. The molecule has 15 nitrogen and oxygen atoms in total. The van der Waals surface area contributed by atoms with Gasteiger partial charge in [-0.1, -0.05) is 26.0 Å². The number of amides is 4. The Bertz CT molecular complexity index is 2440. The maximum atomic E-state index is 15.1. The highest BCUT2D eigenvalue weighted by Crippen LogP contribution is 2.48. The molecule has 2 aliphatic heterocycles. The molecule has 3 fully saturated rings. The van der Waals surface area contributed by atoms with Gasteiger partial charge in [-0.3, -0.25) is 19.1 Å². The summed E-state index contributed by atoms with van der Waals surface area (Å²) in [7, 11) is -2.86. The molecule has 3 aromatic rings. The maximum absolute atomic E-state index is 15.1. The minimum absolute atomic E-state index is 0.0134. The molecule has 3 heterocycles. The number of pyridine rings is 1. The first kappa shape index (κ1) is 47.5. The Kier molecular flexibility index (Phi) is 13.5. The Morgan fingerprint density at radius 3 is 2.38 bits per heavy atom. The summed E-state index contributed by atoms with van der Waals surface area (Å²) < 4.78 is 64.9. The van der Waals surface area contributed by atoms with E-state index in [0.717, 1.165) is 5.56 Å². The fourth-order valence-corrected chi connectivity index (χ4v) is 10.3. The van der Waals surface area contributed by atoms with Crippen molar-refractivity contribution in [2.75, 3.05) is 20.3 Å². The highest BCUT2D eigenvalue weighted by Gasteiger charge is 2.64. The first-order valence-corrected chi connectivity index (χ1v) is 24.0. The quantitative estimate of drug-likeness (QED) is 0.172. The smallest absolute Gasteiger partial charge is 0.408 e. The van der Waals surface area contributed by atoms with Crippen LogP contribution in [-0.2, 0) is 29.1 Å². The van der Waals surface area contributed by atoms with Crippen molar-refractivity contribution in [1.82, 2.24) is 25.2 Å². The van der Waals surface area contributed by atoms with Crippen LogP contribution in [0.1, 0.15) is 93.4 Å². The largest absolute Gasteiger partial charge is 0.497 e. The minimum atomic E-state index is -4.42. The van der Waals surface area contributed by atoms with E-state index in [-0.39, 0.29) is 44.2 Å². The van der Waals surface area contributed by atoms with Gasteiger partial charge in [-0.15, -0.1) is 0 Å². The van der Waals surface area contributed by atoms with Crippen molar-refractivity contribution >= 4 is 44.7 Å². The molecule has 1 aromatic heterocycles. The molecule has 1 saturated heterocycles. The maximum Gasteiger partial charge on any atom is 0.408 e. The third-order valence-electron chi connectivity index (χ3n) is 12.7. The number of sulfonamides is 1. The second-order valence-electron chi connectivity index (χ2n) is 19.5. The van der Waals surface area contributed by atoms with Crippen molar-refractivity contribution in [3.63, 3.8) is 0 Å². The molecule has 0 spiro atoms. The van der Waals surface area contributed by atoms with E-state index in [2.05, 4.69) is 22.3 Å². The number of carbonyl (C=O) groups is 4. The van der Waals surface area contributed by atoms with E-state index >= 15 is 4.79 Å². The predicted octanol–water partition coefficient (Wildman–Crippen LogP) is 6.77. The molecular weight excluding hydrogens is 858 g/mol. The normalized spacial score (nSPS) is 27.3. The molecule has 0 radical (unpaired) electrons. The van der Waals surface area contributed by atoms with Gasteiger partial charge in [-0.05, 0) is 121 Å². The van der Waals surface area contributed by atoms with Gasteiger partial charge in [0, 0.05) is 35.4 Å². The molecule has 17 heteroatoms. The van der Waals surface area contributed by atoms with E-state index in [9.17, 15) is 27.2 Å². The Balaban J connectivity index is 1.26. The van der Waals surface area contributed by atoms with Gasteiger partial charge in [0.1, 0.15) is 58.0 Å². The monoisotopic (exact) mass is 919 g/mol. The summed E-state index contributed by atoms with van der Waals surface area (Å²) in [5, 5.41) is 6.33. The third-order valence-corrected chi connectivity index (χ3v) is 14.8. The Hall–Kier alpha value is -5.45. The van der Waals surface area contributed by atoms with Gasteiger partial charge in [-0.25, -0.2) is 22.6 Å². The molecule has 352 valence electrons. The lowest BCUT2D eigenvalue weighted by Crippen LogP contribution is -2.59. The van der Waals surface area contributed by atoms with Crippen molar-refractivity contribution in [1.29, 1.82) is 0 Å². The van der Waals surface area contributed by atoms with E-state index in [1.807, 2.05) is 63.3 Å². The number of methoxy groups -OCH3 is 1. The number of alkyl carbamates (subject to hydrolysis) is 1. The second-order valence-corrected chi connectivity index (χ2v) is 21.6. The number of rotatable bonds is 11. The number of benzene rings is 2. The van der Waals surface area contributed by atoms with Gasteiger partial charge in [0.15, 0.2) is 0 Å². The number of fused-ring (bicyclic) bond motifs is 3. The summed E-state index contributed by atoms with van der Waals surface area (Å²) in [6.45, 7) is 11.8. The van der Waals surface area contributed by atoms with Gasteiger partial charge in [-0.2, -0.15) is 0 Å². The van der Waals surface area contributed by atoms with E-state index in [4.69, 9.17) is 23.9 Å². The highest BCUT2D eigenvalue weighted by molar-refractivity contribution is 7.91. The fourth-order valence-electron chi connectivity index (χ4n) is 8.89. The molecule has 4 amide bonds. The van der Waals surface area contributed by atoms with Crippen LogP contribution in [0.25, 0.3) is 22.2 Å². The van der Waals surface area contributed by atoms with E-state index in [0.29, 0.717) is 53.1 Å². The van der Waals surface area contributed by atoms with Gasteiger partial charge >= 0.3 is 6.09 Å². The number of nitrogens with zero attached hydrogens (tertiary/aromatic N) is 2. The topological polar surface area (TPSA) is 192 Å². The number of alkyl halides is 1. The van der Waals surface area contributed by atoms with Crippen LogP contribution in [-0.4, -0.2) is 103 Å². The molecule has 2 aliphatic carbocycles. The lowest BCUT2D eigenvalue weighted by atomic mass is 9.88. The van der Waals surface area contributed by atoms with Crippen LogP contribution in [0.15, 0.2) is 60.7 Å². The molecule has 0 bridgehead atoms. The molecule has 2 aromatic carbocycles. The third kappa shape index (κ3) is 10.5. The molecule has 7 atom stereocenters. The summed E-state index contributed by atoms with van der Waals surface area (Å²) in [5.74, 6) is -1.38. The second kappa shape index (κ2) is 18.4. The summed E-state index contributed by atoms with van der Waals surface area (Å²) in [4.78, 5) is 63.7.